The molecule has 0 radical (unpaired) electrons. The largest absolute Gasteiger partial charge is 0.355 e. The molecule has 1 atom stereocenters. The van der Waals surface area contributed by atoms with Gasteiger partial charge in [0.05, 0.1) is 5.92 Å². The van der Waals surface area contributed by atoms with Gasteiger partial charge < -0.3 is 15.5 Å². The third-order valence-corrected chi connectivity index (χ3v) is 5.89. The van der Waals surface area contributed by atoms with Crippen LogP contribution in [0.25, 0.3) is 0 Å². The van der Waals surface area contributed by atoms with Gasteiger partial charge in [0.25, 0.3) is 0 Å². The van der Waals surface area contributed by atoms with Crippen molar-refractivity contribution in [2.75, 3.05) is 25.0 Å². The van der Waals surface area contributed by atoms with Crippen molar-refractivity contribution in [3.63, 3.8) is 0 Å². The number of hydrogen-bond acceptors (Lipinski definition) is 2. The predicted octanol–water partition coefficient (Wildman–Crippen LogP) is 4.99. The summed E-state index contributed by atoms with van der Waals surface area (Å²) in [5.41, 5.74) is 2.70. The highest BCUT2D eigenvalue weighted by Crippen LogP contribution is 2.25. The number of hydrogen-bond donors (Lipinski definition) is 2. The number of carbonyl (C=O) groups is 2. The topological polar surface area (TPSA) is 61.4 Å². The maximum absolute atomic E-state index is 12.8. The number of anilines is 1. The summed E-state index contributed by atoms with van der Waals surface area (Å²) in [4.78, 5) is 27.2. The third kappa shape index (κ3) is 5.76. The van der Waals surface area contributed by atoms with Crippen LogP contribution in [0.1, 0.15) is 37.8 Å². The first-order valence-electron chi connectivity index (χ1n) is 10.4. The van der Waals surface area contributed by atoms with Crippen LogP contribution < -0.4 is 10.6 Å². The molecule has 1 heterocycles. The molecule has 0 aromatic heterocycles. The SMILES string of the molecule is Cc1cccc(NC(=O)N2CCCC(C(=O)NCC(C)(C)c3cccc(Cl)c3)C2)c1. The zero-order valence-electron chi connectivity index (χ0n) is 17.9. The van der Waals surface area contributed by atoms with Crippen molar-refractivity contribution in [3.05, 3.63) is 64.7 Å². The van der Waals surface area contributed by atoms with E-state index in [-0.39, 0.29) is 23.3 Å². The molecule has 1 unspecified atom stereocenters. The zero-order chi connectivity index (χ0) is 21.7. The lowest BCUT2D eigenvalue weighted by Crippen LogP contribution is -2.48. The number of aryl methyl sites for hydroxylation is 1. The van der Waals surface area contributed by atoms with Crippen molar-refractivity contribution in [3.8, 4) is 0 Å². The van der Waals surface area contributed by atoms with E-state index in [1.165, 1.54) is 0 Å². The average Bonchev–Trinajstić information content (AvgIpc) is 2.72. The lowest BCUT2D eigenvalue weighted by Gasteiger charge is -2.33. The van der Waals surface area contributed by atoms with Gasteiger partial charge in [0.15, 0.2) is 0 Å². The second-order valence-electron chi connectivity index (χ2n) is 8.70. The molecule has 5 nitrogen and oxygen atoms in total. The molecule has 30 heavy (non-hydrogen) atoms. The Kier molecular flexibility index (Phi) is 7.03. The Morgan fingerprint density at radius 3 is 2.67 bits per heavy atom. The van der Waals surface area contributed by atoms with Crippen LogP contribution in [-0.4, -0.2) is 36.5 Å². The molecule has 160 valence electrons. The standard InChI is InChI=1S/C24H30ClN3O2/c1-17-7-4-11-21(13-17)27-23(30)28-12-6-8-18(15-28)22(29)26-16-24(2,3)19-9-5-10-20(25)14-19/h4-5,7,9-11,13-14,18H,6,8,12,15-16H2,1-3H3,(H,26,29)(H,27,30). The summed E-state index contributed by atoms with van der Waals surface area (Å²) in [7, 11) is 0. The van der Waals surface area contributed by atoms with Gasteiger partial charge >= 0.3 is 6.03 Å². The highest BCUT2D eigenvalue weighted by atomic mass is 35.5. The van der Waals surface area contributed by atoms with E-state index >= 15 is 0 Å². The van der Waals surface area contributed by atoms with Gasteiger partial charge in [-0.2, -0.15) is 0 Å². The number of piperidine rings is 1. The monoisotopic (exact) mass is 427 g/mol. The van der Waals surface area contributed by atoms with Crippen LogP contribution in [0.5, 0.6) is 0 Å². The Bertz CT molecular complexity index is 913. The molecule has 1 saturated heterocycles. The van der Waals surface area contributed by atoms with Crippen molar-refractivity contribution >= 4 is 29.2 Å². The van der Waals surface area contributed by atoms with E-state index in [9.17, 15) is 9.59 Å². The van der Waals surface area contributed by atoms with Gasteiger partial charge in [-0.05, 0) is 55.2 Å². The number of nitrogens with zero attached hydrogens (tertiary/aromatic N) is 1. The van der Waals surface area contributed by atoms with Crippen LogP contribution in [0.4, 0.5) is 10.5 Å². The number of benzene rings is 2. The van der Waals surface area contributed by atoms with Gasteiger partial charge in [-0.15, -0.1) is 0 Å². The Balaban J connectivity index is 1.55. The molecule has 6 heteroatoms. The van der Waals surface area contributed by atoms with Gasteiger partial charge in [-0.1, -0.05) is 49.7 Å². The minimum Gasteiger partial charge on any atom is -0.355 e. The van der Waals surface area contributed by atoms with Gasteiger partial charge in [-0.25, -0.2) is 4.79 Å². The number of urea groups is 1. The number of amides is 3. The highest BCUT2D eigenvalue weighted by Gasteiger charge is 2.30. The van der Waals surface area contributed by atoms with Crippen molar-refractivity contribution in [1.29, 1.82) is 0 Å². The molecule has 0 spiro atoms. The van der Waals surface area contributed by atoms with Crippen molar-refractivity contribution in [2.24, 2.45) is 5.92 Å². The lowest BCUT2D eigenvalue weighted by atomic mass is 9.84. The molecule has 3 amide bonds. The maximum Gasteiger partial charge on any atom is 0.321 e. The number of carbonyl (C=O) groups excluding carboxylic acids is 2. The number of halogens is 1. The molecule has 1 fully saturated rings. The molecule has 2 aromatic carbocycles. The minimum atomic E-state index is -0.239. The summed E-state index contributed by atoms with van der Waals surface area (Å²) in [5, 5.41) is 6.71. The molecular formula is C24H30ClN3O2. The van der Waals surface area contributed by atoms with Crippen molar-refractivity contribution in [2.45, 2.75) is 39.0 Å². The maximum atomic E-state index is 12.8. The zero-order valence-corrected chi connectivity index (χ0v) is 18.6. The quantitative estimate of drug-likeness (QED) is 0.706. The van der Waals surface area contributed by atoms with Crippen LogP contribution in [0.3, 0.4) is 0 Å². The van der Waals surface area contributed by atoms with Gasteiger partial charge in [-0.3, -0.25) is 4.79 Å². The highest BCUT2D eigenvalue weighted by molar-refractivity contribution is 6.30. The summed E-state index contributed by atoms with van der Waals surface area (Å²) in [6.45, 7) is 7.76. The molecular weight excluding hydrogens is 398 g/mol. The number of likely N-dealkylation sites (tertiary alicyclic amines) is 1. The molecule has 0 aliphatic carbocycles. The van der Waals surface area contributed by atoms with Crippen LogP contribution >= 0.6 is 11.6 Å². The van der Waals surface area contributed by atoms with Gasteiger partial charge in [0.1, 0.15) is 0 Å². The Morgan fingerprint density at radius 2 is 1.93 bits per heavy atom. The molecule has 2 aromatic rings. The van der Waals surface area contributed by atoms with Crippen LogP contribution in [0.15, 0.2) is 48.5 Å². The van der Waals surface area contributed by atoms with Gasteiger partial charge in [0, 0.05) is 35.8 Å². The van der Waals surface area contributed by atoms with E-state index in [2.05, 4.69) is 24.5 Å². The van der Waals surface area contributed by atoms with Crippen LogP contribution in [-0.2, 0) is 10.2 Å². The van der Waals surface area contributed by atoms with E-state index in [4.69, 9.17) is 11.6 Å². The lowest BCUT2D eigenvalue weighted by molar-refractivity contribution is -0.126. The smallest absolute Gasteiger partial charge is 0.321 e. The van der Waals surface area contributed by atoms with Gasteiger partial charge in [0.2, 0.25) is 5.91 Å². The van der Waals surface area contributed by atoms with E-state index in [0.717, 1.165) is 29.7 Å². The molecule has 2 N–H and O–H groups in total. The number of nitrogens with one attached hydrogen (secondary N) is 2. The Labute approximate surface area is 183 Å². The minimum absolute atomic E-state index is 0.00170. The van der Waals surface area contributed by atoms with E-state index in [1.54, 1.807) is 4.90 Å². The van der Waals surface area contributed by atoms with E-state index in [0.29, 0.717) is 24.7 Å². The fourth-order valence-electron chi connectivity index (χ4n) is 3.76. The molecule has 0 saturated carbocycles. The number of rotatable bonds is 5. The first-order chi connectivity index (χ1) is 14.2. The molecule has 3 rings (SSSR count). The third-order valence-electron chi connectivity index (χ3n) is 5.66. The van der Waals surface area contributed by atoms with E-state index in [1.807, 2.05) is 55.5 Å². The molecule has 0 bridgehead atoms. The second kappa shape index (κ2) is 9.52. The Morgan fingerprint density at radius 1 is 1.17 bits per heavy atom. The van der Waals surface area contributed by atoms with Crippen molar-refractivity contribution < 1.29 is 9.59 Å². The summed E-state index contributed by atoms with van der Waals surface area (Å²) in [6.07, 6.45) is 1.61. The first kappa shape index (κ1) is 22.2. The summed E-state index contributed by atoms with van der Waals surface area (Å²) >= 11 is 6.12. The van der Waals surface area contributed by atoms with E-state index < -0.39 is 0 Å². The fourth-order valence-corrected chi connectivity index (χ4v) is 3.96. The summed E-state index contributed by atoms with van der Waals surface area (Å²) < 4.78 is 0. The van der Waals surface area contributed by atoms with Crippen LogP contribution in [0, 0.1) is 12.8 Å². The fraction of sp³-hybridized carbons (Fsp3) is 0.417. The summed E-state index contributed by atoms with van der Waals surface area (Å²) in [5.74, 6) is -0.199. The average molecular weight is 428 g/mol. The first-order valence-corrected chi connectivity index (χ1v) is 10.8. The van der Waals surface area contributed by atoms with Crippen molar-refractivity contribution in [1.82, 2.24) is 10.2 Å². The summed E-state index contributed by atoms with van der Waals surface area (Å²) in [6, 6.07) is 15.3. The van der Waals surface area contributed by atoms with Crippen LogP contribution in [0.2, 0.25) is 5.02 Å². The predicted molar refractivity (Wildman–Crippen MR) is 122 cm³/mol. The molecule has 1 aliphatic heterocycles. The molecule has 1 aliphatic rings. The second-order valence-corrected chi connectivity index (χ2v) is 9.13. The normalized spacial score (nSPS) is 16.8. The Hall–Kier alpha value is -2.53.